The zero-order valence-electron chi connectivity index (χ0n) is 16.3. The van der Waals surface area contributed by atoms with Gasteiger partial charge in [-0.25, -0.2) is 9.79 Å². The van der Waals surface area contributed by atoms with Gasteiger partial charge in [-0.1, -0.05) is 47.2 Å². The fourth-order valence-electron chi connectivity index (χ4n) is 3.38. The molecule has 0 aliphatic carbocycles. The molecular weight excluding hydrogens is 422 g/mol. The maximum absolute atomic E-state index is 13.4. The highest BCUT2D eigenvalue weighted by Crippen LogP contribution is 2.34. The second kappa shape index (κ2) is 8.38. The first kappa shape index (κ1) is 20.3. The Labute approximate surface area is 181 Å². The molecule has 8 heteroatoms. The van der Waals surface area contributed by atoms with E-state index in [9.17, 15) is 9.59 Å². The van der Waals surface area contributed by atoms with Crippen LogP contribution in [0.15, 0.2) is 69.7 Å². The average molecular weight is 440 g/mol. The number of carbonyl (C=O) groups is 1. The summed E-state index contributed by atoms with van der Waals surface area (Å²) < 4.78 is 7.26. The molecule has 2 aromatic heterocycles. The number of hydrogen-bond acceptors (Lipinski definition) is 6. The lowest BCUT2D eigenvalue weighted by atomic mass is 9.96. The summed E-state index contributed by atoms with van der Waals surface area (Å²) in [6.45, 7) is 3.70. The van der Waals surface area contributed by atoms with Crippen molar-refractivity contribution >= 4 is 35.0 Å². The van der Waals surface area contributed by atoms with Crippen LogP contribution in [0, 0.1) is 0 Å². The lowest BCUT2D eigenvalue weighted by molar-refractivity contribution is -0.139. The van der Waals surface area contributed by atoms with Crippen molar-refractivity contribution < 1.29 is 9.53 Å². The zero-order valence-corrected chi connectivity index (χ0v) is 17.9. The number of nitrogens with zero attached hydrogens (tertiary/aromatic N) is 3. The van der Waals surface area contributed by atoms with E-state index in [1.807, 2.05) is 24.3 Å². The van der Waals surface area contributed by atoms with Gasteiger partial charge in [0.2, 0.25) is 0 Å². The monoisotopic (exact) mass is 439 g/mol. The third kappa shape index (κ3) is 3.62. The average Bonchev–Trinajstić information content (AvgIpc) is 3.03. The van der Waals surface area contributed by atoms with Crippen LogP contribution in [0.5, 0.6) is 0 Å². The van der Waals surface area contributed by atoms with Crippen LogP contribution >= 0.6 is 22.9 Å². The molecule has 0 radical (unpaired) electrons. The van der Waals surface area contributed by atoms with Gasteiger partial charge in [-0.15, -0.1) is 0 Å². The third-order valence-electron chi connectivity index (χ3n) is 4.68. The molecule has 0 amide bonds. The van der Waals surface area contributed by atoms with Crippen LogP contribution in [0.4, 0.5) is 0 Å². The van der Waals surface area contributed by atoms with Crippen LogP contribution in [0.3, 0.4) is 0 Å². The van der Waals surface area contributed by atoms with Crippen molar-refractivity contribution in [3.8, 4) is 0 Å². The van der Waals surface area contributed by atoms with Crippen molar-refractivity contribution in [1.29, 1.82) is 0 Å². The van der Waals surface area contributed by atoms with Crippen LogP contribution < -0.4 is 14.9 Å². The standard InChI is InChI=1S/C22H18ClN3O3S/c1-3-29-21(28)18-13(2)25-22-26(19(18)15-9-4-5-10-16(15)23)20(27)17(30-22)12-14-8-6-7-11-24-14/h4-12,19H,3H2,1-2H3. The van der Waals surface area contributed by atoms with E-state index in [1.54, 1.807) is 44.3 Å². The number of fused-ring (bicyclic) bond motifs is 1. The molecule has 0 fully saturated rings. The molecule has 6 nitrogen and oxygen atoms in total. The van der Waals surface area contributed by atoms with Crippen LogP contribution in [0.2, 0.25) is 5.02 Å². The summed E-state index contributed by atoms with van der Waals surface area (Å²) in [6, 6.07) is 11.9. The fraction of sp³-hybridized carbons (Fsp3) is 0.182. The summed E-state index contributed by atoms with van der Waals surface area (Å²) in [6.07, 6.45) is 3.38. The molecule has 1 atom stereocenters. The Bertz CT molecular complexity index is 1330. The second-order valence-corrected chi connectivity index (χ2v) is 7.99. The van der Waals surface area contributed by atoms with E-state index in [-0.39, 0.29) is 12.2 Å². The molecule has 1 aliphatic rings. The van der Waals surface area contributed by atoms with Crippen molar-refractivity contribution in [3.05, 3.63) is 95.9 Å². The van der Waals surface area contributed by atoms with Gasteiger partial charge in [0.15, 0.2) is 4.80 Å². The van der Waals surface area contributed by atoms with Gasteiger partial charge < -0.3 is 4.74 Å². The number of aromatic nitrogens is 2. The number of halogens is 1. The maximum Gasteiger partial charge on any atom is 0.338 e. The molecule has 3 heterocycles. The van der Waals surface area contributed by atoms with E-state index in [1.165, 1.54) is 15.9 Å². The van der Waals surface area contributed by atoms with Gasteiger partial charge in [0.05, 0.1) is 28.1 Å². The SMILES string of the molecule is CCOC(=O)C1=C(C)N=c2sc(=Cc3ccccn3)c(=O)n2C1c1ccccc1Cl. The van der Waals surface area contributed by atoms with Gasteiger partial charge in [0, 0.05) is 11.2 Å². The van der Waals surface area contributed by atoms with E-state index >= 15 is 0 Å². The highest BCUT2D eigenvalue weighted by molar-refractivity contribution is 7.07. The minimum absolute atomic E-state index is 0.217. The number of rotatable bonds is 4. The predicted octanol–water partition coefficient (Wildman–Crippen LogP) is 2.85. The van der Waals surface area contributed by atoms with Gasteiger partial charge in [-0.05, 0) is 43.7 Å². The second-order valence-electron chi connectivity index (χ2n) is 6.58. The summed E-state index contributed by atoms with van der Waals surface area (Å²) in [5.41, 5.74) is 1.86. The van der Waals surface area contributed by atoms with E-state index in [0.29, 0.717) is 36.9 Å². The van der Waals surface area contributed by atoms with E-state index in [2.05, 4.69) is 9.98 Å². The number of thiazole rings is 1. The lowest BCUT2D eigenvalue weighted by Gasteiger charge is -2.25. The minimum atomic E-state index is -0.722. The summed E-state index contributed by atoms with van der Waals surface area (Å²) in [7, 11) is 0. The van der Waals surface area contributed by atoms with Gasteiger partial charge in [0.1, 0.15) is 6.04 Å². The highest BCUT2D eigenvalue weighted by atomic mass is 35.5. The molecule has 0 saturated heterocycles. The number of carbonyl (C=O) groups excluding carboxylic acids is 1. The molecule has 1 unspecified atom stereocenters. The van der Waals surface area contributed by atoms with Crippen molar-refractivity contribution in [3.63, 3.8) is 0 Å². The maximum atomic E-state index is 13.4. The summed E-state index contributed by atoms with van der Waals surface area (Å²) in [5.74, 6) is -0.511. The van der Waals surface area contributed by atoms with Crippen molar-refractivity contribution in [2.24, 2.45) is 4.99 Å². The Kier molecular flexibility index (Phi) is 5.65. The molecule has 1 aliphatic heterocycles. The number of allylic oxidation sites excluding steroid dienone is 1. The Hall–Kier alpha value is -3.03. The lowest BCUT2D eigenvalue weighted by Crippen LogP contribution is -2.40. The van der Waals surface area contributed by atoms with Crippen LogP contribution in [0.25, 0.3) is 6.08 Å². The first-order valence-electron chi connectivity index (χ1n) is 9.36. The zero-order chi connectivity index (χ0) is 21.3. The fourth-order valence-corrected chi connectivity index (χ4v) is 4.65. The number of benzene rings is 1. The normalized spacial score (nSPS) is 16.2. The predicted molar refractivity (Wildman–Crippen MR) is 116 cm³/mol. The topological polar surface area (TPSA) is 73.6 Å². The molecule has 0 saturated carbocycles. The summed E-state index contributed by atoms with van der Waals surface area (Å²) >= 11 is 7.72. The molecule has 0 spiro atoms. The molecule has 30 heavy (non-hydrogen) atoms. The quantitative estimate of drug-likeness (QED) is 0.586. The molecule has 0 bridgehead atoms. The van der Waals surface area contributed by atoms with Gasteiger partial charge in [-0.2, -0.15) is 0 Å². The first-order chi connectivity index (χ1) is 14.5. The number of ether oxygens (including phenoxy) is 1. The van der Waals surface area contributed by atoms with Crippen LogP contribution in [-0.2, 0) is 9.53 Å². The van der Waals surface area contributed by atoms with Gasteiger partial charge in [0.25, 0.3) is 5.56 Å². The minimum Gasteiger partial charge on any atom is -0.463 e. The molecular formula is C22H18ClN3O3S. The Morgan fingerprint density at radius 2 is 2.03 bits per heavy atom. The van der Waals surface area contributed by atoms with E-state index in [0.717, 1.165) is 0 Å². The molecule has 152 valence electrons. The van der Waals surface area contributed by atoms with E-state index < -0.39 is 12.0 Å². The Morgan fingerprint density at radius 3 is 2.73 bits per heavy atom. The largest absolute Gasteiger partial charge is 0.463 e. The number of esters is 1. The van der Waals surface area contributed by atoms with Gasteiger partial charge >= 0.3 is 5.97 Å². The molecule has 1 aromatic carbocycles. The Balaban J connectivity index is 1.99. The highest BCUT2D eigenvalue weighted by Gasteiger charge is 2.34. The molecule has 0 N–H and O–H groups in total. The van der Waals surface area contributed by atoms with Crippen molar-refractivity contribution in [2.45, 2.75) is 19.9 Å². The first-order valence-corrected chi connectivity index (χ1v) is 10.6. The summed E-state index contributed by atoms with van der Waals surface area (Å²) in [5, 5.41) is 0.457. The van der Waals surface area contributed by atoms with Crippen LogP contribution in [0.1, 0.15) is 31.1 Å². The van der Waals surface area contributed by atoms with Crippen LogP contribution in [-0.4, -0.2) is 22.1 Å². The number of hydrogen-bond donors (Lipinski definition) is 0. The van der Waals surface area contributed by atoms with Crippen molar-refractivity contribution in [1.82, 2.24) is 9.55 Å². The molecule has 3 aromatic rings. The van der Waals surface area contributed by atoms with E-state index in [4.69, 9.17) is 16.3 Å². The van der Waals surface area contributed by atoms with Gasteiger partial charge in [-0.3, -0.25) is 14.3 Å². The van der Waals surface area contributed by atoms with Crippen molar-refractivity contribution in [2.75, 3.05) is 6.61 Å². The summed E-state index contributed by atoms with van der Waals surface area (Å²) in [4.78, 5) is 35.5. The third-order valence-corrected chi connectivity index (χ3v) is 6.01. The number of pyridine rings is 1. The smallest absolute Gasteiger partial charge is 0.338 e. The Morgan fingerprint density at radius 1 is 1.27 bits per heavy atom. The molecule has 4 rings (SSSR count).